The number of methoxy groups -OCH3 is 1. The molecule has 0 aliphatic heterocycles. The second-order valence-electron chi connectivity index (χ2n) is 4.67. The topological polar surface area (TPSA) is 12.5 Å². The maximum Gasteiger partial charge on any atom is 0.0474 e. The highest BCUT2D eigenvalue weighted by atomic mass is 35.5. The van der Waals surface area contributed by atoms with Gasteiger partial charge in [0.15, 0.2) is 0 Å². The quantitative estimate of drug-likeness (QED) is 0.691. The molecule has 1 aliphatic carbocycles. The number of hydrogen-bond donors (Lipinski definition) is 0. The van der Waals surface area contributed by atoms with Gasteiger partial charge in [-0.3, -0.25) is 4.90 Å². The summed E-state index contributed by atoms with van der Waals surface area (Å²) in [7, 11) is 1.76. The monoisotopic (exact) mass is 253 g/mol. The third-order valence-electron chi connectivity index (χ3n) is 3.16. The van der Waals surface area contributed by atoms with Crippen molar-refractivity contribution in [2.75, 3.05) is 20.3 Å². The van der Waals surface area contributed by atoms with Crippen molar-refractivity contribution >= 4 is 11.6 Å². The number of ether oxygens (including phenoxy) is 1. The van der Waals surface area contributed by atoms with Gasteiger partial charge in [0, 0.05) is 37.9 Å². The number of benzene rings is 1. The molecule has 2 rings (SSSR count). The minimum Gasteiger partial charge on any atom is -0.385 e. The van der Waals surface area contributed by atoms with Crippen LogP contribution in [0, 0.1) is 0 Å². The van der Waals surface area contributed by atoms with Crippen LogP contribution in [0.25, 0.3) is 0 Å². The molecule has 3 heteroatoms. The summed E-state index contributed by atoms with van der Waals surface area (Å²) in [5.74, 6) is 0. The zero-order chi connectivity index (χ0) is 12.1. The van der Waals surface area contributed by atoms with Gasteiger partial charge in [-0.1, -0.05) is 23.7 Å². The van der Waals surface area contributed by atoms with E-state index in [1.54, 1.807) is 7.11 Å². The lowest BCUT2D eigenvalue weighted by atomic mass is 10.2. The molecule has 0 atom stereocenters. The lowest BCUT2D eigenvalue weighted by Gasteiger charge is -2.21. The highest BCUT2D eigenvalue weighted by Gasteiger charge is 2.28. The smallest absolute Gasteiger partial charge is 0.0474 e. The zero-order valence-electron chi connectivity index (χ0n) is 10.4. The molecule has 0 spiro atoms. The van der Waals surface area contributed by atoms with Crippen LogP contribution in [0.5, 0.6) is 0 Å². The number of hydrogen-bond acceptors (Lipinski definition) is 2. The average Bonchev–Trinajstić information content (AvgIpc) is 3.15. The summed E-state index contributed by atoms with van der Waals surface area (Å²) in [6, 6.07) is 8.97. The van der Waals surface area contributed by atoms with E-state index in [1.165, 1.54) is 18.4 Å². The van der Waals surface area contributed by atoms with Gasteiger partial charge in [-0.2, -0.15) is 0 Å². The van der Waals surface area contributed by atoms with E-state index in [-0.39, 0.29) is 0 Å². The maximum atomic E-state index is 5.90. The maximum absolute atomic E-state index is 5.90. The highest BCUT2D eigenvalue weighted by molar-refractivity contribution is 6.30. The van der Waals surface area contributed by atoms with Crippen molar-refractivity contribution in [1.82, 2.24) is 4.90 Å². The van der Waals surface area contributed by atoms with Crippen molar-refractivity contribution in [3.05, 3.63) is 34.9 Å². The molecule has 0 radical (unpaired) electrons. The number of rotatable bonds is 7. The molecule has 1 saturated carbocycles. The molecule has 2 nitrogen and oxygen atoms in total. The molecule has 0 aromatic heterocycles. The first-order valence-electron chi connectivity index (χ1n) is 6.27. The Morgan fingerprint density at radius 1 is 1.29 bits per heavy atom. The van der Waals surface area contributed by atoms with Crippen LogP contribution in [0.3, 0.4) is 0 Å². The van der Waals surface area contributed by atoms with Crippen molar-refractivity contribution in [1.29, 1.82) is 0 Å². The molecular weight excluding hydrogens is 234 g/mol. The standard InChI is InChI=1S/C14H20ClNO/c1-17-10-2-9-16(14-7-8-14)11-12-3-5-13(15)6-4-12/h3-6,14H,2,7-11H2,1H3. The molecule has 1 aromatic carbocycles. The molecule has 17 heavy (non-hydrogen) atoms. The Hall–Kier alpha value is -0.570. The van der Waals surface area contributed by atoms with E-state index in [2.05, 4.69) is 17.0 Å². The average molecular weight is 254 g/mol. The molecule has 0 amide bonds. The number of nitrogens with zero attached hydrogens (tertiary/aromatic N) is 1. The van der Waals surface area contributed by atoms with E-state index < -0.39 is 0 Å². The van der Waals surface area contributed by atoms with Gasteiger partial charge in [-0.15, -0.1) is 0 Å². The third-order valence-corrected chi connectivity index (χ3v) is 3.41. The van der Waals surface area contributed by atoms with Crippen molar-refractivity contribution in [2.45, 2.75) is 31.8 Å². The van der Waals surface area contributed by atoms with Crippen LogP contribution in [0.2, 0.25) is 5.02 Å². The van der Waals surface area contributed by atoms with Crippen LogP contribution in [-0.2, 0) is 11.3 Å². The van der Waals surface area contributed by atoms with Crippen LogP contribution < -0.4 is 0 Å². The Balaban J connectivity index is 1.86. The first kappa shape index (κ1) is 12.9. The lowest BCUT2D eigenvalue weighted by molar-refractivity contribution is 0.166. The molecule has 0 N–H and O–H groups in total. The summed E-state index contributed by atoms with van der Waals surface area (Å²) in [6.45, 7) is 3.01. The Kier molecular flexibility index (Phi) is 4.84. The van der Waals surface area contributed by atoms with Gasteiger partial charge in [-0.25, -0.2) is 0 Å². The van der Waals surface area contributed by atoms with Crippen molar-refractivity contribution in [2.24, 2.45) is 0 Å². The fourth-order valence-corrected chi connectivity index (χ4v) is 2.19. The van der Waals surface area contributed by atoms with E-state index in [4.69, 9.17) is 16.3 Å². The second kappa shape index (κ2) is 6.39. The van der Waals surface area contributed by atoms with E-state index in [9.17, 15) is 0 Å². The summed E-state index contributed by atoms with van der Waals surface area (Å²) in [5, 5.41) is 0.811. The van der Waals surface area contributed by atoms with E-state index >= 15 is 0 Å². The molecule has 1 fully saturated rings. The summed E-state index contributed by atoms with van der Waals surface area (Å²) in [6.07, 6.45) is 3.81. The zero-order valence-corrected chi connectivity index (χ0v) is 11.1. The predicted molar refractivity (Wildman–Crippen MR) is 71.4 cm³/mol. The van der Waals surface area contributed by atoms with Gasteiger partial charge in [-0.05, 0) is 37.0 Å². The van der Waals surface area contributed by atoms with Gasteiger partial charge >= 0.3 is 0 Å². The van der Waals surface area contributed by atoms with Crippen LogP contribution in [-0.4, -0.2) is 31.2 Å². The van der Waals surface area contributed by atoms with Crippen LogP contribution in [0.4, 0.5) is 0 Å². The number of halogens is 1. The Labute approximate surface area is 109 Å². The molecule has 0 unspecified atom stereocenters. The first-order chi connectivity index (χ1) is 8.29. The van der Waals surface area contributed by atoms with Crippen molar-refractivity contribution in [3.8, 4) is 0 Å². The van der Waals surface area contributed by atoms with Crippen LogP contribution in [0.1, 0.15) is 24.8 Å². The fourth-order valence-electron chi connectivity index (χ4n) is 2.07. The van der Waals surface area contributed by atoms with Gasteiger partial charge < -0.3 is 4.74 Å². The fraction of sp³-hybridized carbons (Fsp3) is 0.571. The minimum atomic E-state index is 0.794. The third kappa shape index (κ3) is 4.30. The normalized spacial score (nSPS) is 15.5. The molecule has 1 aliphatic rings. The van der Waals surface area contributed by atoms with Crippen LogP contribution >= 0.6 is 11.6 Å². The van der Waals surface area contributed by atoms with E-state index in [1.807, 2.05) is 12.1 Å². The predicted octanol–water partition coefficient (Wildman–Crippen LogP) is 3.34. The Morgan fingerprint density at radius 2 is 2.00 bits per heavy atom. The highest BCUT2D eigenvalue weighted by Crippen LogP contribution is 2.28. The lowest BCUT2D eigenvalue weighted by Crippen LogP contribution is -2.27. The Morgan fingerprint density at radius 3 is 2.59 bits per heavy atom. The summed E-state index contributed by atoms with van der Waals surface area (Å²) in [4.78, 5) is 2.56. The van der Waals surface area contributed by atoms with Crippen molar-refractivity contribution in [3.63, 3.8) is 0 Å². The molecule has 94 valence electrons. The Bertz CT molecular complexity index is 335. The van der Waals surface area contributed by atoms with Gasteiger partial charge in [0.25, 0.3) is 0 Å². The second-order valence-corrected chi connectivity index (χ2v) is 5.11. The van der Waals surface area contributed by atoms with E-state index in [0.717, 1.165) is 37.2 Å². The van der Waals surface area contributed by atoms with Gasteiger partial charge in [0.2, 0.25) is 0 Å². The van der Waals surface area contributed by atoms with E-state index in [0.29, 0.717) is 0 Å². The van der Waals surface area contributed by atoms with Crippen molar-refractivity contribution < 1.29 is 4.74 Å². The minimum absolute atomic E-state index is 0.794. The van der Waals surface area contributed by atoms with Crippen LogP contribution in [0.15, 0.2) is 24.3 Å². The van der Waals surface area contributed by atoms with Gasteiger partial charge in [0.05, 0.1) is 0 Å². The molecule has 0 heterocycles. The first-order valence-corrected chi connectivity index (χ1v) is 6.65. The summed E-state index contributed by atoms with van der Waals surface area (Å²) in [5.41, 5.74) is 1.35. The summed E-state index contributed by atoms with van der Waals surface area (Å²) < 4.78 is 5.11. The molecular formula is C14H20ClNO. The largest absolute Gasteiger partial charge is 0.385 e. The molecule has 0 bridgehead atoms. The molecule has 1 aromatic rings. The SMILES string of the molecule is COCCCN(Cc1ccc(Cl)cc1)C1CC1. The van der Waals surface area contributed by atoms with Gasteiger partial charge in [0.1, 0.15) is 0 Å². The molecule has 0 saturated heterocycles. The summed E-state index contributed by atoms with van der Waals surface area (Å²) >= 11 is 5.90.